The zero-order valence-electron chi connectivity index (χ0n) is 16.6. The van der Waals surface area contributed by atoms with Gasteiger partial charge in [-0.15, -0.1) is 0 Å². The van der Waals surface area contributed by atoms with Crippen molar-refractivity contribution in [2.45, 2.75) is 33.2 Å². The molecule has 5 nitrogen and oxygen atoms in total. The van der Waals surface area contributed by atoms with Gasteiger partial charge in [-0.3, -0.25) is 4.79 Å². The monoisotopic (exact) mass is 378 g/mol. The molecule has 3 rings (SSSR count). The van der Waals surface area contributed by atoms with Gasteiger partial charge in [0.2, 0.25) is 0 Å². The summed E-state index contributed by atoms with van der Waals surface area (Å²) in [5, 5.41) is 14.8. The van der Waals surface area contributed by atoms with Crippen molar-refractivity contribution < 1.29 is 9.84 Å². The second kappa shape index (κ2) is 8.85. The van der Waals surface area contributed by atoms with Crippen molar-refractivity contribution in [3.63, 3.8) is 0 Å². The van der Waals surface area contributed by atoms with E-state index in [1.54, 1.807) is 19.2 Å². The summed E-state index contributed by atoms with van der Waals surface area (Å²) in [6, 6.07) is 15.4. The molecule has 0 saturated heterocycles. The Morgan fingerprint density at radius 3 is 2.57 bits per heavy atom. The number of para-hydroxylation sites is 1. The normalized spacial score (nSPS) is 11.0. The van der Waals surface area contributed by atoms with Crippen molar-refractivity contribution in [3.05, 3.63) is 81.3 Å². The highest BCUT2D eigenvalue weighted by Gasteiger charge is 2.19. The lowest BCUT2D eigenvalue weighted by molar-refractivity contribution is 0.181. The van der Waals surface area contributed by atoms with E-state index in [1.807, 2.05) is 25.1 Å². The average molecular weight is 378 g/mol. The van der Waals surface area contributed by atoms with E-state index >= 15 is 0 Å². The molecular formula is C23H26N2O3. The molecule has 146 valence electrons. The Labute approximate surface area is 165 Å². The third-order valence-electron chi connectivity index (χ3n) is 4.85. The number of hydrogen-bond acceptors (Lipinski definition) is 4. The lowest BCUT2D eigenvalue weighted by Crippen LogP contribution is -2.30. The molecule has 5 heteroatoms. The van der Waals surface area contributed by atoms with Crippen LogP contribution in [0.1, 0.15) is 22.4 Å². The smallest absolute Gasteiger partial charge is 0.270 e. The van der Waals surface area contributed by atoms with E-state index in [9.17, 15) is 9.90 Å². The highest BCUT2D eigenvalue weighted by molar-refractivity contribution is 5.74. The van der Waals surface area contributed by atoms with Crippen LogP contribution in [0.15, 0.2) is 53.3 Å². The van der Waals surface area contributed by atoms with Crippen LogP contribution in [0.2, 0.25) is 0 Å². The minimum atomic E-state index is -0.131. The summed E-state index contributed by atoms with van der Waals surface area (Å²) < 4.78 is 6.58. The maximum absolute atomic E-state index is 13.2. The molecule has 0 radical (unpaired) electrons. The number of ether oxygens (including phenoxy) is 1. The van der Waals surface area contributed by atoms with Crippen LogP contribution in [0.4, 0.5) is 0 Å². The summed E-state index contributed by atoms with van der Waals surface area (Å²) in [5.41, 5.74) is 5.01. The number of aromatic nitrogens is 2. The molecule has 1 aromatic heterocycles. The molecule has 0 aliphatic rings. The minimum absolute atomic E-state index is 0.131. The fourth-order valence-corrected chi connectivity index (χ4v) is 3.50. The van der Waals surface area contributed by atoms with Gasteiger partial charge >= 0.3 is 0 Å². The molecule has 0 atom stereocenters. The summed E-state index contributed by atoms with van der Waals surface area (Å²) in [6.07, 6.45) is 1.31. The van der Waals surface area contributed by atoms with Crippen molar-refractivity contribution in [2.24, 2.45) is 0 Å². The Balaban J connectivity index is 2.09. The summed E-state index contributed by atoms with van der Waals surface area (Å²) in [5.74, 6) is 0.151. The first-order valence-electron chi connectivity index (χ1n) is 9.44. The van der Waals surface area contributed by atoms with E-state index in [2.05, 4.69) is 30.2 Å². The van der Waals surface area contributed by atoms with Crippen LogP contribution in [-0.4, -0.2) is 28.6 Å². The Bertz CT molecular complexity index is 1020. The van der Waals surface area contributed by atoms with E-state index in [-0.39, 0.29) is 11.3 Å². The summed E-state index contributed by atoms with van der Waals surface area (Å²) in [7, 11) is 1.60. The first-order valence-corrected chi connectivity index (χ1v) is 9.44. The first-order chi connectivity index (χ1) is 13.5. The molecule has 0 unspecified atom stereocenters. The summed E-state index contributed by atoms with van der Waals surface area (Å²) >= 11 is 0. The minimum Gasteiger partial charge on any atom is -0.507 e. The van der Waals surface area contributed by atoms with Gasteiger partial charge in [-0.2, -0.15) is 5.10 Å². The zero-order valence-corrected chi connectivity index (χ0v) is 16.6. The SMILES string of the molecule is COCCn1nc(C)c(-c2ccccc2O)c(CCc2cccc(C)c2)c1=O. The van der Waals surface area contributed by atoms with Gasteiger partial charge < -0.3 is 9.84 Å². The van der Waals surface area contributed by atoms with Crippen LogP contribution >= 0.6 is 0 Å². The number of rotatable bonds is 7. The maximum atomic E-state index is 13.2. The number of aromatic hydroxyl groups is 1. The number of benzene rings is 2. The van der Waals surface area contributed by atoms with Crippen LogP contribution in [0, 0.1) is 13.8 Å². The lowest BCUT2D eigenvalue weighted by atomic mass is 9.94. The van der Waals surface area contributed by atoms with Crippen LogP contribution in [0.25, 0.3) is 11.1 Å². The molecule has 0 aliphatic carbocycles. The van der Waals surface area contributed by atoms with Crippen molar-refractivity contribution in [1.82, 2.24) is 9.78 Å². The molecule has 2 aromatic carbocycles. The van der Waals surface area contributed by atoms with Crippen LogP contribution in [0.3, 0.4) is 0 Å². The van der Waals surface area contributed by atoms with Crippen LogP contribution < -0.4 is 5.56 Å². The van der Waals surface area contributed by atoms with Gasteiger partial charge in [0.05, 0.1) is 18.8 Å². The van der Waals surface area contributed by atoms with Gasteiger partial charge in [-0.25, -0.2) is 4.68 Å². The lowest BCUT2D eigenvalue weighted by Gasteiger charge is -2.16. The van der Waals surface area contributed by atoms with E-state index < -0.39 is 0 Å². The summed E-state index contributed by atoms with van der Waals surface area (Å²) in [4.78, 5) is 13.2. The number of hydrogen-bond donors (Lipinski definition) is 1. The zero-order chi connectivity index (χ0) is 20.1. The van der Waals surface area contributed by atoms with Crippen molar-refractivity contribution >= 4 is 0 Å². The Morgan fingerprint density at radius 1 is 1.07 bits per heavy atom. The van der Waals surface area contributed by atoms with Crippen molar-refractivity contribution in [1.29, 1.82) is 0 Å². The highest BCUT2D eigenvalue weighted by Crippen LogP contribution is 2.32. The molecular weight excluding hydrogens is 352 g/mol. The number of phenolic OH excluding ortho intramolecular Hbond substituents is 1. The largest absolute Gasteiger partial charge is 0.507 e. The Hall–Kier alpha value is -2.92. The Kier molecular flexibility index (Phi) is 6.26. The first kappa shape index (κ1) is 19.8. The van der Waals surface area contributed by atoms with Gasteiger partial charge in [-0.05, 0) is 38.3 Å². The predicted octanol–water partition coefficient (Wildman–Crippen LogP) is 3.66. The molecule has 0 aliphatic heterocycles. The van der Waals surface area contributed by atoms with E-state index in [0.717, 1.165) is 17.7 Å². The number of nitrogens with zero attached hydrogens (tertiary/aromatic N) is 2. The third-order valence-corrected chi connectivity index (χ3v) is 4.85. The van der Waals surface area contributed by atoms with Gasteiger partial charge in [0.15, 0.2) is 0 Å². The Morgan fingerprint density at radius 2 is 1.86 bits per heavy atom. The van der Waals surface area contributed by atoms with Crippen molar-refractivity contribution in [3.8, 4) is 16.9 Å². The van der Waals surface area contributed by atoms with Gasteiger partial charge in [0.1, 0.15) is 5.75 Å². The molecule has 0 fully saturated rings. The van der Waals surface area contributed by atoms with Crippen LogP contribution in [-0.2, 0) is 24.1 Å². The third kappa shape index (κ3) is 4.31. The molecule has 1 heterocycles. The second-order valence-electron chi connectivity index (χ2n) is 6.97. The summed E-state index contributed by atoms with van der Waals surface area (Å²) in [6.45, 7) is 4.75. The molecule has 3 aromatic rings. The van der Waals surface area contributed by atoms with E-state index in [0.29, 0.717) is 30.7 Å². The molecule has 0 saturated carbocycles. The van der Waals surface area contributed by atoms with E-state index in [4.69, 9.17) is 4.74 Å². The molecule has 0 amide bonds. The molecule has 1 N–H and O–H groups in total. The van der Waals surface area contributed by atoms with Gasteiger partial charge in [0, 0.05) is 23.8 Å². The predicted molar refractivity (Wildman–Crippen MR) is 111 cm³/mol. The fraction of sp³-hybridized carbons (Fsp3) is 0.304. The second-order valence-corrected chi connectivity index (χ2v) is 6.97. The average Bonchev–Trinajstić information content (AvgIpc) is 2.68. The number of aryl methyl sites for hydroxylation is 3. The van der Waals surface area contributed by atoms with Gasteiger partial charge in [0.25, 0.3) is 5.56 Å². The van der Waals surface area contributed by atoms with Crippen LogP contribution in [0.5, 0.6) is 5.75 Å². The fourth-order valence-electron chi connectivity index (χ4n) is 3.50. The number of methoxy groups -OCH3 is 1. The molecule has 0 bridgehead atoms. The number of phenols is 1. The molecule has 28 heavy (non-hydrogen) atoms. The molecule has 0 spiro atoms. The standard InChI is InChI=1S/C23H26N2O3/c1-16-7-6-8-18(15-16)11-12-20-22(19-9-4-5-10-21(19)26)17(2)24-25(23(20)27)13-14-28-3/h4-10,15,26H,11-14H2,1-3H3. The quantitative estimate of drug-likeness (QED) is 0.681. The van der Waals surface area contributed by atoms with Crippen molar-refractivity contribution in [2.75, 3.05) is 13.7 Å². The highest BCUT2D eigenvalue weighted by atomic mass is 16.5. The van der Waals surface area contributed by atoms with Gasteiger partial charge in [-0.1, -0.05) is 48.0 Å². The maximum Gasteiger partial charge on any atom is 0.270 e. The van der Waals surface area contributed by atoms with E-state index in [1.165, 1.54) is 15.8 Å². The topological polar surface area (TPSA) is 64.3 Å².